The lowest BCUT2D eigenvalue weighted by atomic mass is 10.00. The van der Waals surface area contributed by atoms with Crippen LogP contribution in [-0.4, -0.2) is 17.2 Å². The van der Waals surface area contributed by atoms with Crippen molar-refractivity contribution < 1.29 is 14.3 Å². The molecule has 0 amide bonds. The Hall–Kier alpha value is -1.42. The molecule has 0 aliphatic heterocycles. The van der Waals surface area contributed by atoms with Gasteiger partial charge in [0, 0.05) is 12.5 Å². The van der Waals surface area contributed by atoms with E-state index in [9.17, 15) is 9.18 Å². The molecule has 0 aliphatic carbocycles. The molecule has 2 atom stereocenters. The maximum atomic E-state index is 12.8. The molecule has 3 nitrogen and oxygen atoms in total. The summed E-state index contributed by atoms with van der Waals surface area (Å²) in [6.45, 7) is 1.49. The highest BCUT2D eigenvalue weighted by molar-refractivity contribution is 5.67. The van der Waals surface area contributed by atoms with E-state index in [0.717, 1.165) is 11.1 Å². The summed E-state index contributed by atoms with van der Waals surface area (Å²) in [5.74, 6) is -0.934. The van der Waals surface area contributed by atoms with Gasteiger partial charge in [-0.25, -0.2) is 4.39 Å². The minimum absolute atomic E-state index is 0.116. The fourth-order valence-corrected chi connectivity index (χ4v) is 1.58. The molecule has 1 aromatic rings. The van der Waals surface area contributed by atoms with E-state index in [0.29, 0.717) is 6.42 Å². The Morgan fingerprint density at radius 1 is 1.56 bits per heavy atom. The molecule has 0 fully saturated rings. The number of carboxylic acid groups (broad SMARTS) is 1. The Morgan fingerprint density at radius 2 is 2.25 bits per heavy atom. The lowest BCUT2D eigenvalue weighted by Gasteiger charge is -2.11. The van der Waals surface area contributed by atoms with Crippen molar-refractivity contribution in [2.24, 2.45) is 5.73 Å². The molecule has 0 bridgehead atoms. The summed E-state index contributed by atoms with van der Waals surface area (Å²) < 4.78 is 12.8. The average molecular weight is 225 g/mol. The maximum absolute atomic E-state index is 12.8. The summed E-state index contributed by atoms with van der Waals surface area (Å²) >= 11 is 0. The van der Waals surface area contributed by atoms with E-state index in [1.807, 2.05) is 6.07 Å². The van der Waals surface area contributed by atoms with Crippen LogP contribution in [0.15, 0.2) is 24.3 Å². The number of carbonyl (C=O) groups is 1. The number of rotatable bonds is 5. The van der Waals surface area contributed by atoms with Crippen molar-refractivity contribution in [1.29, 1.82) is 0 Å². The summed E-state index contributed by atoms with van der Waals surface area (Å²) in [5, 5.41) is 8.62. The van der Waals surface area contributed by atoms with Crippen LogP contribution >= 0.6 is 0 Å². The number of alkyl halides is 1. The highest BCUT2D eigenvalue weighted by Crippen LogP contribution is 2.17. The molecule has 16 heavy (non-hydrogen) atoms. The predicted octanol–water partition coefficient (Wildman–Crippen LogP) is 2.06. The molecule has 0 aromatic heterocycles. The molecule has 0 aliphatic rings. The number of nitrogens with two attached hydrogens (primary N) is 1. The number of benzene rings is 1. The molecule has 0 spiro atoms. The zero-order chi connectivity index (χ0) is 12.1. The van der Waals surface area contributed by atoms with Crippen molar-refractivity contribution >= 4 is 5.97 Å². The third kappa shape index (κ3) is 3.98. The number of halogens is 1. The number of hydrogen-bond acceptors (Lipinski definition) is 2. The van der Waals surface area contributed by atoms with Crippen molar-refractivity contribution in [3.8, 4) is 0 Å². The number of aliphatic carboxylic acids is 1. The van der Waals surface area contributed by atoms with Crippen molar-refractivity contribution in [3.05, 3.63) is 35.4 Å². The largest absolute Gasteiger partial charge is 0.481 e. The third-order valence-corrected chi connectivity index (χ3v) is 2.29. The van der Waals surface area contributed by atoms with Crippen molar-refractivity contribution in [1.82, 2.24) is 0 Å². The minimum Gasteiger partial charge on any atom is -0.481 e. The van der Waals surface area contributed by atoms with E-state index in [1.165, 1.54) is 6.92 Å². The van der Waals surface area contributed by atoms with Gasteiger partial charge in [0.15, 0.2) is 0 Å². The van der Waals surface area contributed by atoms with Gasteiger partial charge in [-0.1, -0.05) is 24.3 Å². The van der Waals surface area contributed by atoms with Gasteiger partial charge in [-0.3, -0.25) is 4.79 Å². The van der Waals surface area contributed by atoms with E-state index in [-0.39, 0.29) is 6.42 Å². The van der Waals surface area contributed by atoms with Gasteiger partial charge in [0.05, 0.1) is 6.42 Å². The van der Waals surface area contributed by atoms with E-state index in [4.69, 9.17) is 10.8 Å². The summed E-state index contributed by atoms with van der Waals surface area (Å²) in [7, 11) is 0. The van der Waals surface area contributed by atoms with Crippen molar-refractivity contribution in [2.75, 3.05) is 0 Å². The SMILES string of the molecule is CC(F)Cc1cccc(C(N)CC(=O)O)c1. The predicted molar refractivity (Wildman–Crippen MR) is 59.9 cm³/mol. The fraction of sp³-hybridized carbons (Fsp3) is 0.417. The standard InChI is InChI=1S/C12H16FNO2/c1-8(13)5-9-3-2-4-10(6-9)11(14)7-12(15)16/h2-4,6,8,11H,5,7,14H2,1H3,(H,15,16). The summed E-state index contributed by atoms with van der Waals surface area (Å²) in [5.41, 5.74) is 7.30. The summed E-state index contributed by atoms with van der Waals surface area (Å²) in [4.78, 5) is 10.5. The van der Waals surface area contributed by atoms with Gasteiger partial charge < -0.3 is 10.8 Å². The molecule has 1 rings (SSSR count). The van der Waals surface area contributed by atoms with Gasteiger partial charge in [0.25, 0.3) is 0 Å². The molecule has 0 radical (unpaired) electrons. The molecule has 2 unspecified atom stereocenters. The first-order valence-electron chi connectivity index (χ1n) is 5.19. The second kappa shape index (κ2) is 5.61. The van der Waals surface area contributed by atoms with E-state index < -0.39 is 18.2 Å². The molecule has 0 heterocycles. The Kier molecular flexibility index (Phi) is 4.43. The maximum Gasteiger partial charge on any atom is 0.305 e. The summed E-state index contributed by atoms with van der Waals surface area (Å²) in [6.07, 6.45) is -0.701. The van der Waals surface area contributed by atoms with Gasteiger partial charge >= 0.3 is 5.97 Å². The molecule has 0 saturated carbocycles. The van der Waals surface area contributed by atoms with Crippen LogP contribution in [0.1, 0.15) is 30.5 Å². The van der Waals surface area contributed by atoms with Gasteiger partial charge in [-0.05, 0) is 18.1 Å². The highest BCUT2D eigenvalue weighted by Gasteiger charge is 2.11. The zero-order valence-corrected chi connectivity index (χ0v) is 9.19. The minimum atomic E-state index is -0.934. The van der Waals surface area contributed by atoms with Gasteiger partial charge in [-0.15, -0.1) is 0 Å². The van der Waals surface area contributed by atoms with E-state index in [2.05, 4.69) is 0 Å². The molecular weight excluding hydrogens is 209 g/mol. The molecule has 0 saturated heterocycles. The zero-order valence-electron chi connectivity index (χ0n) is 9.19. The molecule has 4 heteroatoms. The Labute approximate surface area is 94.1 Å². The van der Waals surface area contributed by atoms with Crippen LogP contribution in [-0.2, 0) is 11.2 Å². The topological polar surface area (TPSA) is 63.3 Å². The number of carboxylic acids is 1. The first-order chi connectivity index (χ1) is 7.49. The number of hydrogen-bond donors (Lipinski definition) is 2. The van der Waals surface area contributed by atoms with Crippen LogP contribution in [0.3, 0.4) is 0 Å². The quantitative estimate of drug-likeness (QED) is 0.806. The van der Waals surface area contributed by atoms with E-state index >= 15 is 0 Å². The second-order valence-corrected chi connectivity index (χ2v) is 3.93. The van der Waals surface area contributed by atoms with Crippen LogP contribution in [0.25, 0.3) is 0 Å². The van der Waals surface area contributed by atoms with Crippen LogP contribution in [0.2, 0.25) is 0 Å². The van der Waals surface area contributed by atoms with Gasteiger partial charge in [-0.2, -0.15) is 0 Å². The lowest BCUT2D eigenvalue weighted by Crippen LogP contribution is -2.15. The Balaban J connectivity index is 2.77. The van der Waals surface area contributed by atoms with Crippen LogP contribution in [0, 0.1) is 0 Å². The third-order valence-electron chi connectivity index (χ3n) is 2.29. The fourth-order valence-electron chi connectivity index (χ4n) is 1.58. The second-order valence-electron chi connectivity index (χ2n) is 3.93. The highest BCUT2D eigenvalue weighted by atomic mass is 19.1. The van der Waals surface area contributed by atoms with Gasteiger partial charge in [0.1, 0.15) is 6.17 Å². The molecule has 1 aromatic carbocycles. The van der Waals surface area contributed by atoms with Crippen molar-refractivity contribution in [2.45, 2.75) is 32.0 Å². The smallest absolute Gasteiger partial charge is 0.305 e. The van der Waals surface area contributed by atoms with Crippen LogP contribution < -0.4 is 5.73 Å². The lowest BCUT2D eigenvalue weighted by molar-refractivity contribution is -0.137. The van der Waals surface area contributed by atoms with Crippen LogP contribution in [0.4, 0.5) is 4.39 Å². The monoisotopic (exact) mass is 225 g/mol. The summed E-state index contributed by atoms with van der Waals surface area (Å²) in [6, 6.07) is 6.58. The first kappa shape index (κ1) is 12.6. The average Bonchev–Trinajstić information content (AvgIpc) is 2.16. The van der Waals surface area contributed by atoms with Crippen molar-refractivity contribution in [3.63, 3.8) is 0 Å². The molecule has 88 valence electrons. The molecule has 3 N–H and O–H groups in total. The molecular formula is C12H16FNO2. The Bertz CT molecular complexity index is 366. The van der Waals surface area contributed by atoms with E-state index in [1.54, 1.807) is 18.2 Å². The van der Waals surface area contributed by atoms with Gasteiger partial charge in [0.2, 0.25) is 0 Å². The van der Waals surface area contributed by atoms with Crippen LogP contribution in [0.5, 0.6) is 0 Å². The normalized spacial score (nSPS) is 14.4. The Morgan fingerprint density at radius 3 is 2.81 bits per heavy atom. The first-order valence-corrected chi connectivity index (χ1v) is 5.19.